The topological polar surface area (TPSA) is 42.3 Å². The smallest absolute Gasteiger partial charge is 0.0897 e. The third-order valence-corrected chi connectivity index (χ3v) is 3.65. The highest BCUT2D eigenvalue weighted by Crippen LogP contribution is 2.27. The fourth-order valence-electron chi connectivity index (χ4n) is 2.56. The van der Waals surface area contributed by atoms with Gasteiger partial charge in [0.25, 0.3) is 0 Å². The number of likely N-dealkylation sites (N-methyl/N-ethyl adjacent to an activating group) is 1. The summed E-state index contributed by atoms with van der Waals surface area (Å²) >= 11 is 0. The number of morpholine rings is 1. The second-order valence-electron chi connectivity index (χ2n) is 5.53. The van der Waals surface area contributed by atoms with Gasteiger partial charge >= 0.3 is 0 Å². The number of aromatic nitrogens is 2. The number of nitrogens with one attached hydrogen (secondary N) is 1. The summed E-state index contributed by atoms with van der Waals surface area (Å²) in [5.41, 5.74) is 1.25. The maximum Gasteiger partial charge on any atom is 0.0897 e. The van der Waals surface area contributed by atoms with Crippen LogP contribution in [0.3, 0.4) is 0 Å². The van der Waals surface area contributed by atoms with Crippen molar-refractivity contribution in [3.05, 3.63) is 18.0 Å². The van der Waals surface area contributed by atoms with Gasteiger partial charge in [-0.1, -0.05) is 13.8 Å². The summed E-state index contributed by atoms with van der Waals surface area (Å²) in [4.78, 5) is 2.37. The largest absolute Gasteiger partial charge is 0.374 e. The van der Waals surface area contributed by atoms with Crippen molar-refractivity contribution < 1.29 is 4.74 Å². The van der Waals surface area contributed by atoms with E-state index in [4.69, 9.17) is 4.74 Å². The molecule has 1 aliphatic heterocycles. The lowest BCUT2D eigenvalue weighted by atomic mass is 10.0. The lowest BCUT2D eigenvalue weighted by Gasteiger charge is -2.39. The molecule has 1 aromatic rings. The molecule has 0 amide bonds. The van der Waals surface area contributed by atoms with Gasteiger partial charge in [-0.2, -0.15) is 5.10 Å². The predicted octanol–water partition coefficient (Wildman–Crippen LogP) is 1.27. The quantitative estimate of drug-likeness (QED) is 0.871. The molecular formula is C14H26N4O. The molecule has 19 heavy (non-hydrogen) atoms. The lowest BCUT2D eigenvalue weighted by molar-refractivity contribution is -0.0620. The number of nitrogens with zero attached hydrogens (tertiary/aromatic N) is 3. The van der Waals surface area contributed by atoms with Crippen LogP contribution in [-0.4, -0.2) is 53.6 Å². The zero-order valence-electron chi connectivity index (χ0n) is 12.5. The summed E-state index contributed by atoms with van der Waals surface area (Å²) in [7, 11) is 2.17. The van der Waals surface area contributed by atoms with Crippen LogP contribution in [0, 0.1) is 0 Å². The minimum absolute atomic E-state index is 0.190. The fraction of sp³-hybridized carbons (Fsp3) is 0.786. The van der Waals surface area contributed by atoms with E-state index in [0.717, 1.165) is 26.2 Å². The first-order valence-corrected chi connectivity index (χ1v) is 7.19. The van der Waals surface area contributed by atoms with E-state index in [2.05, 4.69) is 49.3 Å². The van der Waals surface area contributed by atoms with Gasteiger partial charge in [-0.25, -0.2) is 0 Å². The molecule has 0 bridgehead atoms. The van der Waals surface area contributed by atoms with E-state index < -0.39 is 0 Å². The Morgan fingerprint density at radius 2 is 2.32 bits per heavy atom. The number of aryl methyl sites for hydroxylation is 1. The van der Waals surface area contributed by atoms with Crippen LogP contribution in [0.4, 0.5) is 0 Å². The van der Waals surface area contributed by atoms with Crippen molar-refractivity contribution in [2.45, 2.75) is 45.5 Å². The molecule has 5 nitrogen and oxygen atoms in total. The summed E-state index contributed by atoms with van der Waals surface area (Å²) in [5.74, 6) is 0. The molecule has 108 valence electrons. The molecule has 1 N–H and O–H groups in total. The molecule has 0 radical (unpaired) electrons. The molecule has 2 atom stereocenters. The fourth-order valence-corrected chi connectivity index (χ4v) is 2.56. The van der Waals surface area contributed by atoms with Gasteiger partial charge in [0.2, 0.25) is 0 Å². The second kappa shape index (κ2) is 6.50. The standard InChI is InChI=1S/C14H26N4O/c1-5-18-10-12(8-16-18)14-13(9-15-11(2)3)19-7-6-17(14)4/h8,10-11,13-15H,5-7,9H2,1-4H3. The number of hydrogen-bond acceptors (Lipinski definition) is 4. The van der Waals surface area contributed by atoms with Gasteiger partial charge < -0.3 is 10.1 Å². The van der Waals surface area contributed by atoms with Crippen molar-refractivity contribution in [1.29, 1.82) is 0 Å². The molecule has 1 saturated heterocycles. The monoisotopic (exact) mass is 266 g/mol. The third-order valence-electron chi connectivity index (χ3n) is 3.65. The van der Waals surface area contributed by atoms with Gasteiger partial charge in [-0.15, -0.1) is 0 Å². The van der Waals surface area contributed by atoms with Gasteiger partial charge in [-0.3, -0.25) is 9.58 Å². The van der Waals surface area contributed by atoms with Gasteiger partial charge in [-0.05, 0) is 14.0 Å². The van der Waals surface area contributed by atoms with E-state index in [1.165, 1.54) is 5.56 Å². The molecule has 2 rings (SSSR count). The van der Waals surface area contributed by atoms with Gasteiger partial charge in [0.05, 0.1) is 24.9 Å². The Morgan fingerprint density at radius 1 is 1.53 bits per heavy atom. The van der Waals surface area contributed by atoms with Gasteiger partial charge in [0.1, 0.15) is 0 Å². The Morgan fingerprint density at radius 3 is 2.95 bits per heavy atom. The van der Waals surface area contributed by atoms with Crippen molar-refractivity contribution in [3.8, 4) is 0 Å². The summed E-state index contributed by atoms with van der Waals surface area (Å²) in [6.07, 6.45) is 4.30. The Labute approximate surface area is 115 Å². The molecule has 1 aliphatic rings. The van der Waals surface area contributed by atoms with Crippen molar-refractivity contribution in [2.24, 2.45) is 0 Å². The van der Waals surface area contributed by atoms with E-state index in [9.17, 15) is 0 Å². The van der Waals surface area contributed by atoms with Crippen LogP contribution in [0.25, 0.3) is 0 Å². The maximum absolute atomic E-state index is 5.97. The zero-order valence-corrected chi connectivity index (χ0v) is 12.5. The molecule has 0 spiro atoms. The Hall–Kier alpha value is -0.910. The molecule has 0 saturated carbocycles. The Kier molecular flexibility index (Phi) is 4.96. The number of hydrogen-bond donors (Lipinski definition) is 1. The molecule has 0 aliphatic carbocycles. The van der Waals surface area contributed by atoms with Crippen molar-refractivity contribution >= 4 is 0 Å². The summed E-state index contributed by atoms with van der Waals surface area (Å²) in [6.45, 7) is 10.00. The first-order chi connectivity index (χ1) is 9.11. The van der Waals surface area contributed by atoms with Crippen LogP contribution in [-0.2, 0) is 11.3 Å². The van der Waals surface area contributed by atoms with Crippen LogP contribution in [0.15, 0.2) is 12.4 Å². The molecule has 1 aromatic heterocycles. The summed E-state index contributed by atoms with van der Waals surface area (Å²) in [6, 6.07) is 0.773. The Bertz CT molecular complexity index is 391. The molecular weight excluding hydrogens is 240 g/mol. The highest BCUT2D eigenvalue weighted by atomic mass is 16.5. The minimum Gasteiger partial charge on any atom is -0.374 e. The van der Waals surface area contributed by atoms with Crippen LogP contribution in [0.1, 0.15) is 32.4 Å². The first-order valence-electron chi connectivity index (χ1n) is 7.19. The third kappa shape index (κ3) is 3.55. The molecule has 2 heterocycles. The average Bonchev–Trinajstić information content (AvgIpc) is 2.84. The summed E-state index contributed by atoms with van der Waals surface area (Å²) in [5, 5.41) is 7.87. The highest BCUT2D eigenvalue weighted by molar-refractivity contribution is 5.14. The van der Waals surface area contributed by atoms with Gasteiger partial charge in [0, 0.05) is 37.4 Å². The van der Waals surface area contributed by atoms with E-state index in [1.807, 2.05) is 10.9 Å². The highest BCUT2D eigenvalue weighted by Gasteiger charge is 2.32. The SMILES string of the molecule is CCn1cc(C2C(CNC(C)C)OCCN2C)cn1. The van der Waals surface area contributed by atoms with Crippen molar-refractivity contribution in [2.75, 3.05) is 26.7 Å². The second-order valence-corrected chi connectivity index (χ2v) is 5.53. The normalized spacial score (nSPS) is 25.1. The number of rotatable bonds is 5. The van der Waals surface area contributed by atoms with E-state index in [-0.39, 0.29) is 6.10 Å². The van der Waals surface area contributed by atoms with E-state index in [1.54, 1.807) is 0 Å². The summed E-state index contributed by atoms with van der Waals surface area (Å²) < 4.78 is 7.94. The molecule has 1 fully saturated rings. The van der Waals surface area contributed by atoms with E-state index >= 15 is 0 Å². The first kappa shape index (κ1) is 14.5. The van der Waals surface area contributed by atoms with Crippen LogP contribution in [0.5, 0.6) is 0 Å². The molecule has 0 aromatic carbocycles. The average molecular weight is 266 g/mol. The van der Waals surface area contributed by atoms with Crippen LogP contribution < -0.4 is 5.32 Å². The lowest BCUT2D eigenvalue weighted by Crippen LogP contribution is -2.48. The van der Waals surface area contributed by atoms with Gasteiger partial charge in [0.15, 0.2) is 0 Å². The maximum atomic E-state index is 5.97. The van der Waals surface area contributed by atoms with E-state index in [0.29, 0.717) is 12.1 Å². The van der Waals surface area contributed by atoms with Crippen molar-refractivity contribution in [3.63, 3.8) is 0 Å². The zero-order chi connectivity index (χ0) is 13.8. The minimum atomic E-state index is 0.190. The number of ether oxygens (including phenoxy) is 1. The predicted molar refractivity (Wildman–Crippen MR) is 76.2 cm³/mol. The van der Waals surface area contributed by atoms with Crippen LogP contribution in [0.2, 0.25) is 0 Å². The molecule has 5 heteroatoms. The van der Waals surface area contributed by atoms with Crippen LogP contribution >= 0.6 is 0 Å². The van der Waals surface area contributed by atoms with Crippen molar-refractivity contribution in [1.82, 2.24) is 20.0 Å². The molecule has 2 unspecified atom stereocenters. The Balaban J connectivity index is 2.11.